The van der Waals surface area contributed by atoms with E-state index in [9.17, 15) is 4.39 Å². The molecule has 2 aliphatic rings. The van der Waals surface area contributed by atoms with E-state index >= 15 is 0 Å². The van der Waals surface area contributed by atoms with Crippen LogP contribution in [0.15, 0.2) is 29.8 Å². The minimum absolute atomic E-state index is 0.0852. The molecule has 0 radical (unpaired) electrons. The third-order valence-electron chi connectivity index (χ3n) is 4.79. The molecule has 0 aromatic heterocycles. The molecule has 1 aromatic carbocycles. The maximum Gasteiger partial charge on any atom is 0.146 e. The summed E-state index contributed by atoms with van der Waals surface area (Å²) in [6.45, 7) is 3.82. The Labute approximate surface area is 133 Å². The molecular formula is C19H27FN2. The largest absolute Gasteiger partial charge is 0.369 e. The average Bonchev–Trinajstić information content (AvgIpc) is 3.08. The van der Waals surface area contributed by atoms with Crippen molar-refractivity contribution in [2.75, 3.05) is 24.5 Å². The molecule has 1 saturated heterocycles. The zero-order chi connectivity index (χ0) is 15.2. The van der Waals surface area contributed by atoms with Gasteiger partial charge in [0.05, 0.1) is 5.69 Å². The molecule has 0 atom stereocenters. The van der Waals surface area contributed by atoms with Crippen LogP contribution in [0.3, 0.4) is 0 Å². The van der Waals surface area contributed by atoms with E-state index in [0.29, 0.717) is 0 Å². The fourth-order valence-corrected chi connectivity index (χ4v) is 3.48. The van der Waals surface area contributed by atoms with Gasteiger partial charge in [-0.2, -0.15) is 0 Å². The van der Waals surface area contributed by atoms with Crippen LogP contribution in [0.4, 0.5) is 10.1 Å². The Morgan fingerprint density at radius 3 is 2.73 bits per heavy atom. The van der Waals surface area contributed by atoms with Crippen LogP contribution in [-0.2, 0) is 6.54 Å². The van der Waals surface area contributed by atoms with Gasteiger partial charge >= 0.3 is 0 Å². The first-order chi connectivity index (χ1) is 10.8. The normalized spacial score (nSPS) is 18.6. The second-order valence-corrected chi connectivity index (χ2v) is 6.51. The Balaban J connectivity index is 1.49. The smallest absolute Gasteiger partial charge is 0.146 e. The van der Waals surface area contributed by atoms with Crippen LogP contribution < -0.4 is 10.2 Å². The lowest BCUT2D eigenvalue weighted by molar-refractivity contribution is 0.617. The van der Waals surface area contributed by atoms with Gasteiger partial charge in [-0.1, -0.05) is 17.7 Å². The highest BCUT2D eigenvalue weighted by molar-refractivity contribution is 5.50. The summed E-state index contributed by atoms with van der Waals surface area (Å²) < 4.78 is 14.0. The van der Waals surface area contributed by atoms with Crippen LogP contribution in [0.25, 0.3) is 0 Å². The topological polar surface area (TPSA) is 15.3 Å². The van der Waals surface area contributed by atoms with E-state index in [1.807, 2.05) is 12.1 Å². The number of anilines is 1. The predicted octanol–water partition coefficient (Wildman–Crippen LogP) is 4.41. The van der Waals surface area contributed by atoms with Crippen molar-refractivity contribution in [3.63, 3.8) is 0 Å². The van der Waals surface area contributed by atoms with Crippen molar-refractivity contribution in [3.8, 4) is 0 Å². The molecule has 0 bridgehead atoms. The summed E-state index contributed by atoms with van der Waals surface area (Å²) in [7, 11) is 0. The summed E-state index contributed by atoms with van der Waals surface area (Å²) in [5, 5.41) is 3.50. The first kappa shape index (κ1) is 15.5. The number of hydrogen-bond acceptors (Lipinski definition) is 2. The molecule has 1 aliphatic carbocycles. The van der Waals surface area contributed by atoms with Crippen molar-refractivity contribution in [1.29, 1.82) is 0 Å². The Morgan fingerprint density at radius 1 is 1.09 bits per heavy atom. The molecule has 2 nitrogen and oxygen atoms in total. The quantitative estimate of drug-likeness (QED) is 0.618. The molecule has 0 saturated carbocycles. The summed E-state index contributed by atoms with van der Waals surface area (Å²) in [6.07, 6.45) is 11.2. The molecule has 3 rings (SSSR count). The molecule has 120 valence electrons. The number of nitrogens with one attached hydrogen (secondary N) is 1. The maximum atomic E-state index is 14.0. The number of benzene rings is 1. The summed E-state index contributed by atoms with van der Waals surface area (Å²) in [4.78, 5) is 2.17. The van der Waals surface area contributed by atoms with Crippen LogP contribution in [0.1, 0.15) is 50.5 Å². The van der Waals surface area contributed by atoms with E-state index in [1.54, 1.807) is 11.6 Å². The lowest BCUT2D eigenvalue weighted by Crippen LogP contribution is -2.20. The molecule has 1 aromatic rings. The van der Waals surface area contributed by atoms with Crippen molar-refractivity contribution in [1.82, 2.24) is 5.32 Å². The van der Waals surface area contributed by atoms with Crippen molar-refractivity contribution >= 4 is 5.69 Å². The predicted molar refractivity (Wildman–Crippen MR) is 90.7 cm³/mol. The van der Waals surface area contributed by atoms with Crippen molar-refractivity contribution in [2.45, 2.75) is 51.5 Å². The monoisotopic (exact) mass is 302 g/mol. The van der Waals surface area contributed by atoms with Crippen LogP contribution in [0, 0.1) is 5.82 Å². The average molecular weight is 302 g/mol. The highest BCUT2D eigenvalue weighted by Gasteiger charge is 2.16. The van der Waals surface area contributed by atoms with E-state index in [-0.39, 0.29) is 5.82 Å². The molecular weight excluding hydrogens is 275 g/mol. The van der Waals surface area contributed by atoms with Crippen molar-refractivity contribution < 1.29 is 4.39 Å². The van der Waals surface area contributed by atoms with E-state index in [4.69, 9.17) is 0 Å². The highest BCUT2D eigenvalue weighted by Crippen LogP contribution is 2.25. The van der Waals surface area contributed by atoms with Gasteiger partial charge in [0, 0.05) is 19.6 Å². The summed E-state index contributed by atoms with van der Waals surface area (Å²) in [5.74, 6) is -0.0852. The van der Waals surface area contributed by atoms with Gasteiger partial charge in [-0.25, -0.2) is 4.39 Å². The molecule has 1 N–H and O–H groups in total. The van der Waals surface area contributed by atoms with Gasteiger partial charge in [0.2, 0.25) is 0 Å². The summed E-state index contributed by atoms with van der Waals surface area (Å²) in [5.41, 5.74) is 3.57. The Hall–Kier alpha value is -1.35. The zero-order valence-corrected chi connectivity index (χ0v) is 13.4. The third-order valence-corrected chi connectivity index (χ3v) is 4.79. The SMILES string of the molecule is Fc1ccc(CNCCC2=CCCCC2)cc1N1CCCC1. The van der Waals surface area contributed by atoms with Gasteiger partial charge in [-0.15, -0.1) is 0 Å². The number of nitrogens with zero attached hydrogens (tertiary/aromatic N) is 1. The van der Waals surface area contributed by atoms with Crippen LogP contribution >= 0.6 is 0 Å². The van der Waals surface area contributed by atoms with Gasteiger partial charge < -0.3 is 10.2 Å². The molecule has 1 aliphatic heterocycles. The summed E-state index contributed by atoms with van der Waals surface area (Å²) in [6, 6.07) is 5.55. The molecule has 3 heteroatoms. The minimum Gasteiger partial charge on any atom is -0.369 e. The number of rotatable bonds is 6. The second kappa shape index (κ2) is 7.77. The molecule has 0 spiro atoms. The standard InChI is InChI=1S/C19H27FN2/c20-18-9-8-17(14-19(18)22-12-4-5-13-22)15-21-11-10-16-6-2-1-3-7-16/h6,8-9,14,21H,1-5,7,10-13,15H2. The maximum absolute atomic E-state index is 14.0. The zero-order valence-electron chi connectivity index (χ0n) is 13.4. The van der Waals surface area contributed by atoms with E-state index in [1.165, 1.54) is 44.1 Å². The van der Waals surface area contributed by atoms with Crippen LogP contribution in [-0.4, -0.2) is 19.6 Å². The van der Waals surface area contributed by atoms with Crippen molar-refractivity contribution in [2.24, 2.45) is 0 Å². The van der Waals surface area contributed by atoms with Gasteiger partial charge in [0.1, 0.15) is 5.82 Å². The fraction of sp³-hybridized carbons (Fsp3) is 0.579. The fourth-order valence-electron chi connectivity index (χ4n) is 3.48. The molecule has 1 heterocycles. The number of hydrogen-bond donors (Lipinski definition) is 1. The van der Waals surface area contributed by atoms with Gasteiger partial charge in [0.15, 0.2) is 0 Å². The lowest BCUT2D eigenvalue weighted by atomic mass is 9.97. The van der Waals surface area contributed by atoms with E-state index < -0.39 is 0 Å². The Kier molecular flexibility index (Phi) is 5.49. The Bertz CT molecular complexity index is 518. The molecule has 0 unspecified atom stereocenters. The second-order valence-electron chi connectivity index (χ2n) is 6.51. The van der Waals surface area contributed by atoms with Gasteiger partial charge in [-0.05, 0) is 69.2 Å². The summed E-state index contributed by atoms with van der Waals surface area (Å²) >= 11 is 0. The van der Waals surface area contributed by atoms with Gasteiger partial charge in [0.25, 0.3) is 0 Å². The van der Waals surface area contributed by atoms with Crippen LogP contribution in [0.5, 0.6) is 0 Å². The molecule has 1 fully saturated rings. The van der Waals surface area contributed by atoms with Crippen LogP contribution in [0.2, 0.25) is 0 Å². The number of allylic oxidation sites excluding steroid dienone is 1. The molecule has 0 amide bonds. The van der Waals surface area contributed by atoms with Crippen molar-refractivity contribution in [3.05, 3.63) is 41.2 Å². The van der Waals surface area contributed by atoms with Gasteiger partial charge in [-0.3, -0.25) is 0 Å². The first-order valence-corrected chi connectivity index (χ1v) is 8.75. The minimum atomic E-state index is -0.0852. The molecule has 22 heavy (non-hydrogen) atoms. The Morgan fingerprint density at radius 2 is 1.95 bits per heavy atom. The number of halogens is 1. The van der Waals surface area contributed by atoms with E-state index in [0.717, 1.165) is 38.3 Å². The third kappa shape index (κ3) is 4.10. The van der Waals surface area contributed by atoms with E-state index in [2.05, 4.69) is 16.3 Å². The lowest BCUT2D eigenvalue weighted by Gasteiger charge is -2.19. The first-order valence-electron chi connectivity index (χ1n) is 8.75. The highest BCUT2D eigenvalue weighted by atomic mass is 19.1.